The van der Waals surface area contributed by atoms with Crippen LogP contribution >= 0.6 is 64.4 Å². The van der Waals surface area contributed by atoms with Gasteiger partial charge in [-0.2, -0.15) is 13.5 Å². The van der Waals surface area contributed by atoms with Gasteiger partial charge < -0.3 is 9.05 Å². The number of fused-ring (bicyclic) bond motifs is 1. The molecule has 0 saturated carbocycles. The predicted molar refractivity (Wildman–Crippen MR) is 95.6 cm³/mol. The number of halogens is 4. The van der Waals surface area contributed by atoms with Gasteiger partial charge in [0.1, 0.15) is 0 Å². The Morgan fingerprint density at radius 1 is 0.952 bits per heavy atom. The Bertz CT molecular complexity index is 563. The summed E-state index contributed by atoms with van der Waals surface area (Å²) in [5.41, 5.74) is -0.145. The minimum Gasteiger partial charge on any atom is -0.315 e. The van der Waals surface area contributed by atoms with Crippen molar-refractivity contribution in [3.8, 4) is 0 Å². The van der Waals surface area contributed by atoms with Crippen LogP contribution in [0.3, 0.4) is 0 Å². The van der Waals surface area contributed by atoms with E-state index in [1.54, 1.807) is 0 Å². The standard InChI is InChI=1S/C9H18Cl4N3O2P3/c1-3-5-6-9(4-2)7-17-20(12)14-19(10,11)15-21(13,16-20)18-8-9/h3-8H2,1-2H3/t9-,20-,21+. The van der Waals surface area contributed by atoms with Crippen molar-refractivity contribution in [2.75, 3.05) is 13.2 Å². The van der Waals surface area contributed by atoms with Gasteiger partial charge in [-0.25, -0.2) is 0 Å². The highest BCUT2D eigenvalue weighted by atomic mass is 35.9. The minimum absolute atomic E-state index is 0.145. The van der Waals surface area contributed by atoms with E-state index in [1.807, 2.05) is 0 Å². The molecule has 0 spiro atoms. The Hall–Kier alpha value is 1.77. The van der Waals surface area contributed by atoms with Gasteiger partial charge in [-0.3, -0.25) is 0 Å². The van der Waals surface area contributed by atoms with E-state index in [2.05, 4.69) is 27.4 Å². The van der Waals surface area contributed by atoms with Gasteiger partial charge in [0.15, 0.2) is 0 Å². The van der Waals surface area contributed by atoms with Crippen molar-refractivity contribution in [2.45, 2.75) is 39.5 Å². The van der Waals surface area contributed by atoms with Crippen molar-refractivity contribution in [3.05, 3.63) is 0 Å². The number of unbranched alkanes of at least 4 members (excludes halogenated alkanes) is 1. The molecule has 21 heavy (non-hydrogen) atoms. The average Bonchev–Trinajstić information content (AvgIpc) is 2.35. The Balaban J connectivity index is 2.38. The third-order valence-corrected chi connectivity index (χ3v) is 15.2. The Morgan fingerprint density at radius 2 is 1.52 bits per heavy atom. The van der Waals surface area contributed by atoms with Crippen LogP contribution in [0.4, 0.5) is 0 Å². The Morgan fingerprint density at radius 3 is 2.05 bits per heavy atom. The summed E-state index contributed by atoms with van der Waals surface area (Å²) in [4.78, 5) is 0. The highest BCUT2D eigenvalue weighted by Crippen LogP contribution is 2.86. The van der Waals surface area contributed by atoms with Crippen LogP contribution in [0.5, 0.6) is 0 Å². The smallest absolute Gasteiger partial charge is 0.300 e. The van der Waals surface area contributed by atoms with E-state index >= 15 is 0 Å². The van der Waals surface area contributed by atoms with E-state index in [9.17, 15) is 0 Å². The summed E-state index contributed by atoms with van der Waals surface area (Å²) in [7, 11) is 0. The molecule has 0 radical (unpaired) electrons. The maximum atomic E-state index is 6.39. The second kappa shape index (κ2) is 6.95. The molecule has 2 rings (SSSR count). The number of rotatable bonds is 4. The Kier molecular flexibility index (Phi) is 6.32. The van der Waals surface area contributed by atoms with E-state index in [4.69, 9.17) is 54.0 Å². The number of hydrogen-bond donors (Lipinski definition) is 0. The van der Waals surface area contributed by atoms with Gasteiger partial charge in [-0.1, -0.05) is 26.7 Å². The quantitative estimate of drug-likeness (QED) is 0.417. The molecule has 5 nitrogen and oxygen atoms in total. The van der Waals surface area contributed by atoms with Crippen LogP contribution in [0.25, 0.3) is 0 Å². The third kappa shape index (κ3) is 4.88. The van der Waals surface area contributed by atoms with Crippen molar-refractivity contribution in [3.63, 3.8) is 0 Å². The van der Waals surface area contributed by atoms with E-state index in [0.29, 0.717) is 13.2 Å². The van der Waals surface area contributed by atoms with E-state index < -0.39 is 19.5 Å². The molecule has 124 valence electrons. The molecule has 2 heterocycles. The fourth-order valence-corrected chi connectivity index (χ4v) is 17.0. The van der Waals surface area contributed by atoms with Crippen molar-refractivity contribution in [1.29, 1.82) is 0 Å². The van der Waals surface area contributed by atoms with Crippen LogP contribution < -0.4 is 0 Å². The zero-order valence-electron chi connectivity index (χ0n) is 11.8. The fourth-order valence-electron chi connectivity index (χ4n) is 2.12. The number of nitrogens with zero attached hydrogens (tertiary/aromatic N) is 3. The minimum atomic E-state index is -2.99. The van der Waals surface area contributed by atoms with Gasteiger partial charge in [0.25, 0.3) is 5.91 Å². The average molecular weight is 435 g/mol. The maximum Gasteiger partial charge on any atom is 0.300 e. The van der Waals surface area contributed by atoms with Gasteiger partial charge in [0.2, 0.25) is 0 Å². The first-order valence-electron chi connectivity index (χ1n) is 6.65. The predicted octanol–water partition coefficient (Wildman–Crippen LogP) is 8.43. The van der Waals surface area contributed by atoms with Gasteiger partial charge in [0, 0.05) is 5.41 Å². The Labute approximate surface area is 145 Å². The molecule has 2 aliphatic rings. The van der Waals surface area contributed by atoms with Crippen LogP contribution in [0.2, 0.25) is 0 Å². The topological polar surface area (TPSA) is 55.5 Å². The summed E-state index contributed by atoms with van der Waals surface area (Å²) in [5, 5.41) is 0. The van der Waals surface area contributed by atoms with Gasteiger partial charge in [0.05, 0.1) is 13.2 Å². The molecule has 3 atom stereocenters. The monoisotopic (exact) mass is 433 g/mol. The van der Waals surface area contributed by atoms with Crippen molar-refractivity contribution < 1.29 is 9.05 Å². The lowest BCUT2D eigenvalue weighted by molar-refractivity contribution is 0.0729. The lowest BCUT2D eigenvalue weighted by atomic mass is 9.82. The van der Waals surface area contributed by atoms with Crippen LogP contribution in [-0.2, 0) is 9.05 Å². The second-order valence-corrected chi connectivity index (χ2v) is 16.6. The normalized spacial score (nSPS) is 42.0. The lowest BCUT2D eigenvalue weighted by Gasteiger charge is -2.37. The molecule has 2 bridgehead atoms. The van der Waals surface area contributed by atoms with Gasteiger partial charge >= 0.3 is 13.6 Å². The molecule has 0 aromatic carbocycles. The van der Waals surface area contributed by atoms with E-state index in [1.165, 1.54) is 0 Å². The highest BCUT2D eigenvalue weighted by Gasteiger charge is 2.42. The van der Waals surface area contributed by atoms with E-state index in [0.717, 1.165) is 25.7 Å². The van der Waals surface area contributed by atoms with Crippen molar-refractivity contribution in [1.82, 2.24) is 0 Å². The zero-order chi connectivity index (χ0) is 15.8. The van der Waals surface area contributed by atoms with Crippen LogP contribution in [0, 0.1) is 5.41 Å². The SMILES string of the molecule is CCCC[C@@]1(CC)CO[P@@]2(Cl)=NP(Cl)(Cl)=N[P@](Cl)(=N2)OC1. The molecule has 0 aromatic heterocycles. The summed E-state index contributed by atoms with van der Waals surface area (Å²) in [6, 6.07) is 0. The summed E-state index contributed by atoms with van der Waals surface area (Å²) in [5.74, 6) is -2.98. The first-order valence-corrected chi connectivity index (χ1v) is 15.2. The molecule has 0 unspecified atom stereocenters. The lowest BCUT2D eigenvalue weighted by Crippen LogP contribution is -2.31. The van der Waals surface area contributed by atoms with Crippen LogP contribution in [-0.4, -0.2) is 13.2 Å². The van der Waals surface area contributed by atoms with Crippen LogP contribution in [0.15, 0.2) is 13.5 Å². The largest absolute Gasteiger partial charge is 0.315 e. The first kappa shape index (κ1) is 19.1. The summed E-state index contributed by atoms with van der Waals surface area (Å²) in [6.45, 7) is -0.902. The van der Waals surface area contributed by atoms with Crippen molar-refractivity contribution in [2.24, 2.45) is 19.0 Å². The van der Waals surface area contributed by atoms with Crippen molar-refractivity contribution >= 4 is 64.4 Å². The molecule has 0 aromatic rings. The van der Waals surface area contributed by atoms with Gasteiger partial charge in [-0.15, -0.1) is 0 Å². The fraction of sp³-hybridized carbons (Fsp3) is 1.00. The summed E-state index contributed by atoms with van der Waals surface area (Å²) in [6.07, 6.45) is 4.04. The molecule has 2 aliphatic heterocycles. The molecule has 0 fully saturated rings. The highest BCUT2D eigenvalue weighted by molar-refractivity contribution is 8.16. The van der Waals surface area contributed by atoms with Gasteiger partial charge in [-0.05, 0) is 57.8 Å². The molecule has 0 amide bonds. The molecule has 0 saturated heterocycles. The summed E-state index contributed by atoms with van der Waals surface area (Å²) >= 11 is 24.9. The van der Waals surface area contributed by atoms with Crippen LogP contribution in [0.1, 0.15) is 39.5 Å². The zero-order valence-corrected chi connectivity index (χ0v) is 17.5. The molecular weight excluding hydrogens is 417 g/mol. The molecule has 12 heteroatoms. The molecule has 0 N–H and O–H groups in total. The van der Waals surface area contributed by atoms with E-state index in [-0.39, 0.29) is 5.41 Å². The number of hydrogen-bond acceptors (Lipinski definition) is 5. The maximum absolute atomic E-state index is 6.39. The first-order chi connectivity index (χ1) is 9.66. The third-order valence-electron chi connectivity index (χ3n) is 3.54. The second-order valence-electron chi connectivity index (χ2n) is 5.17. The summed E-state index contributed by atoms with van der Waals surface area (Å²) < 4.78 is 24.2. The molecule has 0 aliphatic carbocycles. The molecular formula is C9H18Cl4N3O2P3.